The first kappa shape index (κ1) is 22.5. The Morgan fingerprint density at radius 3 is 2.63 bits per heavy atom. The van der Waals surface area contributed by atoms with Crippen molar-refractivity contribution in [1.82, 2.24) is 29.8 Å². The minimum absolute atomic E-state index is 0.119. The molecule has 0 aromatic carbocycles. The maximum absolute atomic E-state index is 6.39. The second kappa shape index (κ2) is 8.88. The lowest BCUT2D eigenvalue weighted by Crippen LogP contribution is -2.40. The second-order valence-corrected chi connectivity index (χ2v) is 14.2. The molecule has 0 unspecified atom stereocenters. The van der Waals surface area contributed by atoms with Crippen LogP contribution in [-0.2, 0) is 29.5 Å². The lowest BCUT2D eigenvalue weighted by atomic mass is 10.2. The first-order chi connectivity index (χ1) is 14.1. The molecule has 0 bridgehead atoms. The van der Waals surface area contributed by atoms with E-state index in [0.717, 1.165) is 16.1 Å². The van der Waals surface area contributed by atoms with Crippen LogP contribution in [0.1, 0.15) is 26.5 Å². The quantitative estimate of drug-likeness (QED) is 0.515. The predicted molar refractivity (Wildman–Crippen MR) is 119 cm³/mol. The van der Waals surface area contributed by atoms with Crippen LogP contribution in [0.25, 0.3) is 11.4 Å². The minimum atomic E-state index is -1.92. The van der Waals surface area contributed by atoms with E-state index in [1.807, 2.05) is 35.3 Å². The summed E-state index contributed by atoms with van der Waals surface area (Å²) in [7, 11) is 1.55. The molecule has 3 heterocycles. The Morgan fingerprint density at radius 1 is 1.23 bits per heavy atom. The molecule has 3 rings (SSSR count). The molecule has 9 nitrogen and oxygen atoms in total. The summed E-state index contributed by atoms with van der Waals surface area (Å²) in [6.07, 6.45) is 1.94. The number of hydrogen-bond donors (Lipinski definition) is 0. The summed E-state index contributed by atoms with van der Waals surface area (Å²) in [5.41, 5.74) is 1.65. The highest BCUT2D eigenvalue weighted by molar-refractivity contribution is 7.07. The summed E-state index contributed by atoms with van der Waals surface area (Å²) in [5.74, 6) is 1.23. The monoisotopic (exact) mass is 447 g/mol. The van der Waals surface area contributed by atoms with Crippen molar-refractivity contribution in [3.05, 3.63) is 34.2 Å². The van der Waals surface area contributed by atoms with Gasteiger partial charge in [-0.3, -0.25) is 4.57 Å². The van der Waals surface area contributed by atoms with Gasteiger partial charge in [0.25, 0.3) is 0 Å². The number of aromatic nitrogens is 6. The van der Waals surface area contributed by atoms with E-state index >= 15 is 0 Å². The molecule has 0 atom stereocenters. The number of aryl methyl sites for hydroxylation is 1. The van der Waals surface area contributed by atoms with Crippen LogP contribution in [0.2, 0.25) is 18.1 Å². The molecule has 0 spiro atoms. The van der Waals surface area contributed by atoms with Gasteiger partial charge in [0.2, 0.25) is 0 Å². The van der Waals surface area contributed by atoms with Gasteiger partial charge in [0.05, 0.1) is 12.3 Å². The summed E-state index contributed by atoms with van der Waals surface area (Å²) in [5, 5.41) is 13.9. The topological polar surface area (TPSA) is 92.2 Å². The van der Waals surface area contributed by atoms with Gasteiger partial charge in [-0.25, -0.2) is 14.7 Å². The Hall–Kier alpha value is -2.21. The molecule has 3 aromatic rings. The summed E-state index contributed by atoms with van der Waals surface area (Å²) in [6.45, 7) is 12.0. The largest absolute Gasteiger partial charge is 0.411 e. The number of hydrogen-bond acceptors (Lipinski definition) is 8. The van der Waals surface area contributed by atoms with Crippen molar-refractivity contribution in [2.24, 2.45) is 12.0 Å². The molecule has 0 saturated heterocycles. The van der Waals surface area contributed by atoms with E-state index in [1.165, 1.54) is 11.3 Å². The van der Waals surface area contributed by atoms with Crippen LogP contribution in [0.4, 0.5) is 5.82 Å². The summed E-state index contributed by atoms with van der Waals surface area (Å²) < 4.78 is 15.2. The number of nitrogens with zero attached hydrogens (tertiary/aromatic N) is 7. The highest BCUT2D eigenvalue weighted by Gasteiger charge is 2.37. The summed E-state index contributed by atoms with van der Waals surface area (Å²) in [4.78, 5) is 10.3. The van der Waals surface area contributed by atoms with E-state index in [4.69, 9.17) is 19.1 Å². The van der Waals surface area contributed by atoms with Crippen LogP contribution in [0.5, 0.6) is 0 Å². The lowest BCUT2D eigenvalue weighted by Gasteiger charge is -2.36. The van der Waals surface area contributed by atoms with Crippen LogP contribution in [0.3, 0.4) is 0 Å². The summed E-state index contributed by atoms with van der Waals surface area (Å²) >= 11 is 1.52. The molecule has 0 radical (unpaired) electrons. The van der Waals surface area contributed by atoms with Crippen LogP contribution in [0, 0.1) is 0 Å². The molecule has 30 heavy (non-hydrogen) atoms. The number of rotatable bonds is 7. The van der Waals surface area contributed by atoms with Crippen LogP contribution in [0.15, 0.2) is 28.7 Å². The Morgan fingerprint density at radius 2 is 2.00 bits per heavy atom. The fourth-order valence-electron chi connectivity index (χ4n) is 2.50. The van der Waals surface area contributed by atoms with Gasteiger partial charge in [0.15, 0.2) is 24.8 Å². The SMILES string of the molecule is COCn1ccs/c1=N\c1cc(-c2nnnn2C)cc(CO[Si](C)(C)C(C)(C)C)n1. The zero-order valence-corrected chi connectivity index (χ0v) is 20.4. The number of tetrazole rings is 1. The highest BCUT2D eigenvalue weighted by atomic mass is 32.1. The van der Waals surface area contributed by atoms with E-state index in [1.54, 1.807) is 11.8 Å². The third-order valence-electron chi connectivity index (χ3n) is 5.27. The molecule has 0 fully saturated rings. The van der Waals surface area contributed by atoms with E-state index in [-0.39, 0.29) is 5.04 Å². The predicted octanol–water partition coefficient (Wildman–Crippen LogP) is 3.49. The first-order valence-electron chi connectivity index (χ1n) is 9.66. The number of pyridine rings is 1. The minimum Gasteiger partial charge on any atom is -0.411 e. The Kier molecular flexibility index (Phi) is 6.65. The van der Waals surface area contributed by atoms with Gasteiger partial charge in [-0.1, -0.05) is 20.8 Å². The van der Waals surface area contributed by atoms with Crippen LogP contribution in [-0.4, -0.2) is 45.2 Å². The Balaban J connectivity index is 2.02. The van der Waals surface area contributed by atoms with Gasteiger partial charge in [-0.15, -0.1) is 16.4 Å². The zero-order valence-electron chi connectivity index (χ0n) is 18.6. The molecule has 0 aliphatic rings. The fraction of sp³-hybridized carbons (Fsp3) is 0.526. The highest BCUT2D eigenvalue weighted by Crippen LogP contribution is 2.37. The van der Waals surface area contributed by atoms with E-state index in [0.29, 0.717) is 25.0 Å². The zero-order chi connectivity index (χ0) is 21.9. The molecule has 0 amide bonds. The summed E-state index contributed by atoms with van der Waals surface area (Å²) in [6, 6.07) is 3.86. The third-order valence-corrected chi connectivity index (χ3v) is 10.5. The fourth-order valence-corrected chi connectivity index (χ4v) is 4.17. The van der Waals surface area contributed by atoms with E-state index in [2.05, 4.69) is 49.4 Å². The number of methoxy groups -OCH3 is 1. The Labute approximate surface area is 181 Å². The van der Waals surface area contributed by atoms with Crippen molar-refractivity contribution < 1.29 is 9.16 Å². The van der Waals surface area contributed by atoms with Crippen LogP contribution < -0.4 is 4.80 Å². The molecule has 3 aromatic heterocycles. The van der Waals surface area contributed by atoms with Crippen molar-refractivity contribution in [1.29, 1.82) is 0 Å². The molecule has 0 saturated carbocycles. The van der Waals surface area contributed by atoms with Gasteiger partial charge in [-0.2, -0.15) is 0 Å². The first-order valence-corrected chi connectivity index (χ1v) is 13.4. The number of ether oxygens (including phenoxy) is 1. The van der Waals surface area contributed by atoms with Crippen molar-refractivity contribution in [3.8, 4) is 11.4 Å². The van der Waals surface area contributed by atoms with Crippen molar-refractivity contribution in [2.75, 3.05) is 7.11 Å². The van der Waals surface area contributed by atoms with Crippen molar-refractivity contribution in [2.45, 2.75) is 52.2 Å². The second-order valence-electron chi connectivity index (χ2n) is 8.57. The number of thiazole rings is 1. The maximum Gasteiger partial charge on any atom is 0.193 e. The third kappa shape index (κ3) is 5.09. The molecule has 0 aliphatic heterocycles. The standard InChI is InChI=1S/C19H29N7O2SSi/c1-19(2,3)30(6,7)28-12-15-10-14(17-22-23-24-25(17)4)11-16(20-15)21-18-26(13-27-5)8-9-29-18/h8-11H,12-13H2,1-7H3/b21-18-. The van der Waals surface area contributed by atoms with E-state index in [9.17, 15) is 0 Å². The average Bonchev–Trinajstić information content (AvgIpc) is 3.28. The van der Waals surface area contributed by atoms with Crippen LogP contribution >= 0.6 is 11.3 Å². The molecular weight excluding hydrogens is 418 g/mol. The molecule has 0 N–H and O–H groups in total. The smallest absolute Gasteiger partial charge is 0.193 e. The van der Waals surface area contributed by atoms with Gasteiger partial charge in [0.1, 0.15) is 6.73 Å². The van der Waals surface area contributed by atoms with E-state index < -0.39 is 8.32 Å². The van der Waals surface area contributed by atoms with Gasteiger partial charge in [-0.05, 0) is 40.7 Å². The van der Waals surface area contributed by atoms with Gasteiger partial charge >= 0.3 is 0 Å². The lowest BCUT2D eigenvalue weighted by molar-refractivity contribution is 0.129. The normalized spacial score (nSPS) is 13.2. The molecule has 11 heteroatoms. The van der Waals surface area contributed by atoms with Gasteiger partial charge in [0, 0.05) is 31.3 Å². The molecular formula is C19H29N7O2SSi. The molecule has 0 aliphatic carbocycles. The van der Waals surface area contributed by atoms with Crippen molar-refractivity contribution >= 4 is 25.5 Å². The van der Waals surface area contributed by atoms with Gasteiger partial charge < -0.3 is 9.16 Å². The Bertz CT molecular complexity index is 1070. The average molecular weight is 448 g/mol. The molecule has 162 valence electrons. The maximum atomic E-state index is 6.39. The van der Waals surface area contributed by atoms with Crippen molar-refractivity contribution in [3.63, 3.8) is 0 Å².